The molecule has 1 aliphatic heterocycles. The average molecular weight is 198 g/mol. The summed E-state index contributed by atoms with van der Waals surface area (Å²) >= 11 is 0. The number of nitrogens with zero attached hydrogens (tertiary/aromatic N) is 1. The number of aliphatic hydroxyl groups excluding tert-OH is 1. The van der Waals surface area contributed by atoms with Crippen LogP contribution in [-0.4, -0.2) is 41.3 Å². The van der Waals surface area contributed by atoms with Gasteiger partial charge in [-0.1, -0.05) is 0 Å². The van der Waals surface area contributed by atoms with Gasteiger partial charge in [-0.3, -0.25) is 4.90 Å². The number of likely N-dealkylation sites (tertiary alicyclic amines) is 1. The molecule has 0 spiro atoms. The standard InChI is InChI=1S/C11H22N2O/c12-9-2-1-7-13(8-9)10-3-5-11(14)6-4-10/h9-11,14H,1-8,12H2/t9-,10?,11?/m1/s1. The second kappa shape index (κ2) is 4.60. The number of hydrogen-bond donors (Lipinski definition) is 2. The zero-order valence-corrected chi connectivity index (χ0v) is 8.86. The molecule has 1 saturated heterocycles. The van der Waals surface area contributed by atoms with Crippen molar-refractivity contribution < 1.29 is 5.11 Å². The van der Waals surface area contributed by atoms with Crippen molar-refractivity contribution in [3.8, 4) is 0 Å². The first-order valence-electron chi connectivity index (χ1n) is 5.93. The van der Waals surface area contributed by atoms with Crippen molar-refractivity contribution in [2.75, 3.05) is 13.1 Å². The van der Waals surface area contributed by atoms with E-state index in [-0.39, 0.29) is 6.10 Å². The second-order valence-corrected chi connectivity index (χ2v) is 4.86. The van der Waals surface area contributed by atoms with Gasteiger partial charge in [0.25, 0.3) is 0 Å². The minimum Gasteiger partial charge on any atom is -0.393 e. The van der Waals surface area contributed by atoms with Gasteiger partial charge in [0.15, 0.2) is 0 Å². The zero-order chi connectivity index (χ0) is 9.97. The van der Waals surface area contributed by atoms with Gasteiger partial charge in [0.1, 0.15) is 0 Å². The summed E-state index contributed by atoms with van der Waals surface area (Å²) in [7, 11) is 0. The van der Waals surface area contributed by atoms with Gasteiger partial charge >= 0.3 is 0 Å². The van der Waals surface area contributed by atoms with E-state index in [2.05, 4.69) is 4.90 Å². The van der Waals surface area contributed by atoms with Crippen molar-refractivity contribution in [1.29, 1.82) is 0 Å². The summed E-state index contributed by atoms with van der Waals surface area (Å²) < 4.78 is 0. The van der Waals surface area contributed by atoms with Crippen LogP contribution >= 0.6 is 0 Å². The van der Waals surface area contributed by atoms with Crippen LogP contribution in [-0.2, 0) is 0 Å². The van der Waals surface area contributed by atoms with Crippen molar-refractivity contribution in [3.63, 3.8) is 0 Å². The lowest BCUT2D eigenvalue weighted by molar-refractivity contribution is 0.0610. The number of hydrogen-bond acceptors (Lipinski definition) is 3. The van der Waals surface area contributed by atoms with Crippen molar-refractivity contribution >= 4 is 0 Å². The second-order valence-electron chi connectivity index (χ2n) is 4.86. The fourth-order valence-corrected chi connectivity index (χ4v) is 2.80. The lowest BCUT2D eigenvalue weighted by Gasteiger charge is -2.39. The fourth-order valence-electron chi connectivity index (χ4n) is 2.80. The minimum atomic E-state index is -0.0373. The summed E-state index contributed by atoms with van der Waals surface area (Å²) in [4.78, 5) is 2.54. The summed E-state index contributed by atoms with van der Waals surface area (Å²) in [5.41, 5.74) is 5.97. The van der Waals surface area contributed by atoms with E-state index < -0.39 is 0 Å². The number of rotatable bonds is 1. The molecule has 0 aromatic heterocycles. The molecule has 0 aromatic rings. The highest BCUT2D eigenvalue weighted by Gasteiger charge is 2.27. The largest absolute Gasteiger partial charge is 0.393 e. The molecule has 3 heteroatoms. The Balaban J connectivity index is 1.82. The molecule has 2 aliphatic rings. The van der Waals surface area contributed by atoms with Crippen molar-refractivity contribution in [2.24, 2.45) is 5.73 Å². The molecular formula is C11H22N2O. The Kier molecular flexibility index (Phi) is 3.42. The predicted molar refractivity (Wildman–Crippen MR) is 57.0 cm³/mol. The predicted octanol–water partition coefficient (Wildman–Crippen LogP) is 0.713. The van der Waals surface area contributed by atoms with Gasteiger partial charge in [0.05, 0.1) is 6.10 Å². The molecule has 3 N–H and O–H groups in total. The SMILES string of the molecule is N[C@@H]1CCCN(C2CCC(O)CC2)C1. The minimum absolute atomic E-state index is 0.0373. The summed E-state index contributed by atoms with van der Waals surface area (Å²) in [6.45, 7) is 2.29. The van der Waals surface area contributed by atoms with Crippen LogP contribution in [0.1, 0.15) is 38.5 Å². The van der Waals surface area contributed by atoms with Gasteiger partial charge in [-0.25, -0.2) is 0 Å². The number of piperidine rings is 1. The summed E-state index contributed by atoms with van der Waals surface area (Å²) in [5, 5.41) is 9.43. The van der Waals surface area contributed by atoms with Crippen LogP contribution in [0.3, 0.4) is 0 Å². The van der Waals surface area contributed by atoms with Gasteiger partial charge in [0, 0.05) is 18.6 Å². The van der Waals surface area contributed by atoms with Crippen molar-refractivity contribution in [1.82, 2.24) is 4.90 Å². The lowest BCUT2D eigenvalue weighted by atomic mass is 9.90. The Morgan fingerprint density at radius 2 is 1.79 bits per heavy atom. The molecule has 0 aromatic carbocycles. The van der Waals surface area contributed by atoms with Crippen molar-refractivity contribution in [2.45, 2.75) is 56.7 Å². The highest BCUT2D eigenvalue weighted by Crippen LogP contribution is 2.25. The van der Waals surface area contributed by atoms with Crippen LogP contribution in [0, 0.1) is 0 Å². The van der Waals surface area contributed by atoms with E-state index in [1.165, 1.54) is 19.4 Å². The fraction of sp³-hybridized carbons (Fsp3) is 1.00. The maximum absolute atomic E-state index is 9.43. The van der Waals surface area contributed by atoms with E-state index in [1.807, 2.05) is 0 Å². The highest BCUT2D eigenvalue weighted by atomic mass is 16.3. The normalized spacial score (nSPS) is 41.1. The smallest absolute Gasteiger partial charge is 0.0541 e. The van der Waals surface area contributed by atoms with Crippen LogP contribution in [0.5, 0.6) is 0 Å². The van der Waals surface area contributed by atoms with Gasteiger partial charge in [-0.15, -0.1) is 0 Å². The maximum Gasteiger partial charge on any atom is 0.0541 e. The molecule has 1 heterocycles. The van der Waals surface area contributed by atoms with Crippen LogP contribution in [0.2, 0.25) is 0 Å². The van der Waals surface area contributed by atoms with Gasteiger partial charge < -0.3 is 10.8 Å². The molecule has 3 nitrogen and oxygen atoms in total. The molecule has 2 fully saturated rings. The van der Waals surface area contributed by atoms with Crippen LogP contribution < -0.4 is 5.73 Å². The van der Waals surface area contributed by atoms with Crippen LogP contribution in [0.25, 0.3) is 0 Å². The topological polar surface area (TPSA) is 49.5 Å². The van der Waals surface area contributed by atoms with E-state index in [0.29, 0.717) is 12.1 Å². The van der Waals surface area contributed by atoms with E-state index in [0.717, 1.165) is 32.2 Å². The molecule has 82 valence electrons. The van der Waals surface area contributed by atoms with Gasteiger partial charge in [-0.05, 0) is 45.1 Å². The summed E-state index contributed by atoms with van der Waals surface area (Å²) in [6, 6.07) is 1.08. The molecule has 1 saturated carbocycles. The number of aliphatic hydroxyl groups is 1. The van der Waals surface area contributed by atoms with E-state index in [9.17, 15) is 5.11 Å². The van der Waals surface area contributed by atoms with Crippen molar-refractivity contribution in [3.05, 3.63) is 0 Å². The molecular weight excluding hydrogens is 176 g/mol. The average Bonchev–Trinajstić information content (AvgIpc) is 2.19. The molecule has 0 amide bonds. The molecule has 14 heavy (non-hydrogen) atoms. The first-order chi connectivity index (χ1) is 6.75. The first kappa shape index (κ1) is 10.4. The quantitative estimate of drug-likeness (QED) is 0.652. The third-order valence-electron chi connectivity index (χ3n) is 3.67. The Labute approximate surface area is 86.3 Å². The Hall–Kier alpha value is -0.120. The zero-order valence-electron chi connectivity index (χ0n) is 8.86. The summed E-state index contributed by atoms with van der Waals surface area (Å²) in [6.07, 6.45) is 6.69. The first-order valence-corrected chi connectivity index (χ1v) is 5.93. The van der Waals surface area contributed by atoms with E-state index >= 15 is 0 Å². The summed E-state index contributed by atoms with van der Waals surface area (Å²) in [5.74, 6) is 0. The van der Waals surface area contributed by atoms with Gasteiger partial charge in [0.2, 0.25) is 0 Å². The van der Waals surface area contributed by atoms with Crippen LogP contribution in [0.4, 0.5) is 0 Å². The Morgan fingerprint density at radius 1 is 1.07 bits per heavy atom. The maximum atomic E-state index is 9.43. The highest BCUT2D eigenvalue weighted by molar-refractivity contribution is 4.84. The lowest BCUT2D eigenvalue weighted by Crippen LogP contribution is -2.49. The molecule has 2 rings (SSSR count). The Bertz CT molecular complexity index is 178. The Morgan fingerprint density at radius 3 is 2.43 bits per heavy atom. The third kappa shape index (κ3) is 2.47. The van der Waals surface area contributed by atoms with Gasteiger partial charge in [-0.2, -0.15) is 0 Å². The molecule has 0 bridgehead atoms. The molecule has 1 aliphatic carbocycles. The molecule has 0 unspecified atom stereocenters. The molecule has 1 atom stereocenters. The van der Waals surface area contributed by atoms with E-state index in [4.69, 9.17) is 5.73 Å². The number of nitrogens with two attached hydrogens (primary N) is 1. The van der Waals surface area contributed by atoms with Crippen LogP contribution in [0.15, 0.2) is 0 Å². The monoisotopic (exact) mass is 198 g/mol. The third-order valence-corrected chi connectivity index (χ3v) is 3.67. The molecule has 0 radical (unpaired) electrons. The van der Waals surface area contributed by atoms with E-state index in [1.54, 1.807) is 0 Å².